The van der Waals surface area contributed by atoms with Gasteiger partial charge < -0.3 is 37.2 Å². The molecular weight excluding hydrogens is 270 g/mol. The molecule has 0 saturated heterocycles. The summed E-state index contributed by atoms with van der Waals surface area (Å²) in [4.78, 5) is 0. The van der Waals surface area contributed by atoms with Crippen LogP contribution >= 0.6 is 0 Å². The van der Waals surface area contributed by atoms with Gasteiger partial charge in [0, 0.05) is 0 Å². The van der Waals surface area contributed by atoms with Crippen LogP contribution in [0.25, 0.3) is 0 Å². The summed E-state index contributed by atoms with van der Waals surface area (Å²) in [6.45, 7) is 0. The monoisotopic (exact) mass is 274 g/mol. The van der Waals surface area contributed by atoms with E-state index in [0.717, 1.165) is 0 Å². The fraction of sp³-hybridized carbons (Fsp3) is 0.333. The summed E-state index contributed by atoms with van der Waals surface area (Å²) in [6.07, 6.45) is 7.78. The number of hydrogen-bond acceptors (Lipinski definition) is 0. The van der Waals surface area contributed by atoms with Crippen LogP contribution in [0.2, 0.25) is 4.13 Å². The molecule has 0 aromatic rings. The molecule has 56 valence electrons. The van der Waals surface area contributed by atoms with Gasteiger partial charge in [0.15, 0.2) is 0 Å². The zero-order valence-electron chi connectivity index (χ0n) is 5.28. The van der Waals surface area contributed by atoms with Crippen LogP contribution in [0, 0.1) is 0 Å². The fourth-order valence-electron chi connectivity index (χ4n) is 0.623. The minimum absolute atomic E-state index is 0. The van der Waals surface area contributed by atoms with E-state index in [2.05, 4.69) is 18.2 Å². The molecule has 1 aliphatic rings. The quantitative estimate of drug-likeness (QED) is 0.447. The Morgan fingerprint density at radius 2 is 1.90 bits per heavy atom. The van der Waals surface area contributed by atoms with E-state index in [9.17, 15) is 0 Å². The summed E-state index contributed by atoms with van der Waals surface area (Å²) in [7, 11) is 0. The van der Waals surface area contributed by atoms with Gasteiger partial charge in [-0.25, -0.2) is 0 Å². The van der Waals surface area contributed by atoms with Crippen LogP contribution in [0.3, 0.4) is 0 Å². The minimum atomic E-state index is 0. The van der Waals surface area contributed by atoms with Crippen LogP contribution in [0.5, 0.6) is 0 Å². The zero-order chi connectivity index (χ0) is 5.11. The molecule has 4 heteroatoms. The van der Waals surface area contributed by atoms with Crippen molar-refractivity contribution in [3.63, 3.8) is 0 Å². The maximum absolute atomic E-state index is 2.22. The van der Waals surface area contributed by atoms with Crippen molar-refractivity contribution in [3.05, 3.63) is 23.8 Å². The third-order valence-corrected chi connectivity index (χ3v) is 2.19. The molecule has 0 spiro atoms. The van der Waals surface area contributed by atoms with E-state index in [4.69, 9.17) is 0 Å². The van der Waals surface area contributed by atoms with Crippen molar-refractivity contribution in [1.82, 2.24) is 0 Å². The van der Waals surface area contributed by atoms with Crippen LogP contribution in [-0.4, -0.2) is 0 Å². The predicted molar refractivity (Wildman–Crippen MR) is 26.6 cm³/mol. The molecule has 0 heterocycles. The van der Waals surface area contributed by atoms with E-state index in [1.165, 1.54) is 10.5 Å². The average Bonchev–Trinajstić information content (AvgIpc) is 2.14. The molecule has 0 radical (unpaired) electrons. The van der Waals surface area contributed by atoms with Gasteiger partial charge in [-0.15, -0.1) is 0 Å². The van der Waals surface area contributed by atoms with Gasteiger partial charge in [-0.05, 0) is 0 Å². The van der Waals surface area contributed by atoms with Crippen LogP contribution in [0.4, 0.5) is 0 Å². The second kappa shape index (κ2) is 10.2. The molecular formula is C6H7Cl3Zr. The fourth-order valence-corrected chi connectivity index (χ4v) is 1.27. The summed E-state index contributed by atoms with van der Waals surface area (Å²) in [6, 6.07) is 0. The summed E-state index contributed by atoms with van der Waals surface area (Å²) >= 11 is 1.63. The molecule has 0 N–H and O–H groups in total. The van der Waals surface area contributed by atoms with E-state index in [1.54, 1.807) is 30.3 Å². The molecule has 0 nitrogen and oxygen atoms in total. The molecule has 0 saturated carbocycles. The van der Waals surface area contributed by atoms with Crippen molar-refractivity contribution in [2.45, 2.75) is 10.5 Å². The van der Waals surface area contributed by atoms with Gasteiger partial charge in [0.1, 0.15) is 0 Å². The van der Waals surface area contributed by atoms with E-state index in [-0.39, 0.29) is 37.2 Å². The first-order valence-electron chi connectivity index (χ1n) is 2.42. The van der Waals surface area contributed by atoms with Crippen molar-refractivity contribution < 1.29 is 61.9 Å². The zero-order valence-corrected chi connectivity index (χ0v) is 10.0. The van der Waals surface area contributed by atoms with Crippen molar-refractivity contribution in [1.29, 1.82) is 0 Å². The van der Waals surface area contributed by atoms with Gasteiger partial charge in [-0.2, -0.15) is 0 Å². The van der Waals surface area contributed by atoms with Crippen molar-refractivity contribution in [2.75, 3.05) is 0 Å². The standard InChI is InChI=1S/C6H7.3ClH.Zr/c1-6-4-2-3-5-6;;;;/h2-4H,1,5H2;3*1H;/q;;;;+3/p-3. The topological polar surface area (TPSA) is 0 Å². The van der Waals surface area contributed by atoms with E-state index < -0.39 is 0 Å². The second-order valence-corrected chi connectivity index (χ2v) is 2.50. The molecule has 0 aliphatic heterocycles. The number of allylic oxidation sites excluding steroid dienone is 4. The average molecular weight is 277 g/mol. The third-order valence-electron chi connectivity index (χ3n) is 1.08. The van der Waals surface area contributed by atoms with Crippen molar-refractivity contribution >= 4 is 0 Å². The summed E-state index contributed by atoms with van der Waals surface area (Å²) < 4.78 is 1.31. The first-order valence-corrected chi connectivity index (χ1v) is 4.16. The van der Waals surface area contributed by atoms with Crippen LogP contribution < -0.4 is 37.2 Å². The van der Waals surface area contributed by atoms with Gasteiger partial charge in [0.05, 0.1) is 0 Å². The van der Waals surface area contributed by atoms with Crippen molar-refractivity contribution in [2.24, 2.45) is 0 Å². The molecule has 0 unspecified atom stereocenters. The first kappa shape index (κ1) is 17.4. The molecule has 1 aliphatic carbocycles. The van der Waals surface area contributed by atoms with E-state index in [0.29, 0.717) is 0 Å². The van der Waals surface area contributed by atoms with Crippen molar-refractivity contribution in [3.8, 4) is 0 Å². The molecule has 0 atom stereocenters. The Labute approximate surface area is 95.6 Å². The van der Waals surface area contributed by atoms with Gasteiger partial charge in [-0.1, -0.05) is 0 Å². The maximum atomic E-state index is 2.22. The Bertz CT molecular complexity index is 120. The van der Waals surface area contributed by atoms with Crippen LogP contribution in [0.1, 0.15) is 6.42 Å². The number of rotatable bonds is 1. The first-order chi connectivity index (χ1) is 3.43. The number of hydrogen-bond donors (Lipinski definition) is 0. The Balaban J connectivity index is -0.000000163. The SMILES string of the molecule is [Cl-].[Cl-].[Cl-].[Zr+3][CH2]C1=CC=CC1. The third kappa shape index (κ3) is 5.98. The van der Waals surface area contributed by atoms with E-state index in [1.807, 2.05) is 0 Å². The Kier molecular flexibility index (Phi) is 17.8. The molecule has 0 fully saturated rings. The Morgan fingerprint density at radius 1 is 1.30 bits per heavy atom. The Hall–Kier alpha value is 1.23. The molecule has 0 bridgehead atoms. The predicted octanol–water partition coefficient (Wildman–Crippen LogP) is -7.15. The molecule has 0 amide bonds. The van der Waals surface area contributed by atoms with Crippen LogP contribution in [-0.2, 0) is 24.7 Å². The number of halogens is 3. The molecule has 0 aromatic carbocycles. The van der Waals surface area contributed by atoms with Crippen LogP contribution in [0.15, 0.2) is 23.8 Å². The Morgan fingerprint density at radius 3 is 2.10 bits per heavy atom. The van der Waals surface area contributed by atoms with E-state index >= 15 is 0 Å². The second-order valence-electron chi connectivity index (χ2n) is 1.63. The molecule has 10 heavy (non-hydrogen) atoms. The summed E-state index contributed by atoms with van der Waals surface area (Å²) in [5.41, 5.74) is 1.60. The molecule has 0 aromatic heterocycles. The van der Waals surface area contributed by atoms with Gasteiger partial charge in [-0.3, -0.25) is 0 Å². The van der Waals surface area contributed by atoms with Gasteiger partial charge in [0.25, 0.3) is 0 Å². The van der Waals surface area contributed by atoms with Gasteiger partial charge >= 0.3 is 59.1 Å². The summed E-state index contributed by atoms with van der Waals surface area (Å²) in [5, 5.41) is 0. The van der Waals surface area contributed by atoms with Gasteiger partial charge in [0.2, 0.25) is 0 Å². The normalized spacial score (nSPS) is 12.4. The summed E-state index contributed by atoms with van der Waals surface area (Å²) in [5.74, 6) is 0. The molecule has 1 rings (SSSR count).